The van der Waals surface area contributed by atoms with Crippen molar-refractivity contribution < 1.29 is 14.3 Å². The minimum absolute atomic E-state index is 0.0961. The average Bonchev–Trinajstić information content (AvgIpc) is 2.52. The molecule has 1 aromatic carbocycles. The number of urea groups is 1. The second kappa shape index (κ2) is 7.76. The maximum atomic E-state index is 11.7. The number of fused-ring (bicyclic) bond motifs is 1. The molecule has 0 unspecified atom stereocenters. The highest BCUT2D eigenvalue weighted by molar-refractivity contribution is 5.74. The second-order valence-electron chi connectivity index (χ2n) is 5.14. The van der Waals surface area contributed by atoms with Crippen molar-refractivity contribution in [1.29, 1.82) is 0 Å². The zero-order valence-corrected chi connectivity index (χ0v) is 12.8. The predicted molar refractivity (Wildman–Crippen MR) is 82.0 cm³/mol. The zero-order valence-electron chi connectivity index (χ0n) is 12.8. The third-order valence-electron chi connectivity index (χ3n) is 3.63. The lowest BCUT2D eigenvalue weighted by Gasteiger charge is -2.19. The summed E-state index contributed by atoms with van der Waals surface area (Å²) in [4.78, 5) is 11.7. The molecule has 116 valence electrons. The smallest absolute Gasteiger partial charge is 0.315 e. The molecule has 0 aliphatic carbocycles. The number of nitrogens with one attached hydrogen (secondary N) is 2. The number of hydrogen-bond donors (Lipinski definition) is 2. The summed E-state index contributed by atoms with van der Waals surface area (Å²) in [5, 5.41) is 5.85. The summed E-state index contributed by atoms with van der Waals surface area (Å²) in [7, 11) is 0. The van der Waals surface area contributed by atoms with E-state index in [0.29, 0.717) is 19.8 Å². The highest BCUT2D eigenvalue weighted by atomic mass is 16.6. The van der Waals surface area contributed by atoms with Gasteiger partial charge in [0.25, 0.3) is 0 Å². The maximum Gasteiger partial charge on any atom is 0.315 e. The molecule has 0 bridgehead atoms. The van der Waals surface area contributed by atoms with E-state index in [1.807, 2.05) is 18.2 Å². The lowest BCUT2D eigenvalue weighted by molar-refractivity contribution is 0.171. The quantitative estimate of drug-likeness (QED) is 0.847. The molecular weight excluding hydrogens is 268 g/mol. The van der Waals surface area contributed by atoms with Gasteiger partial charge in [-0.25, -0.2) is 4.79 Å². The van der Waals surface area contributed by atoms with Crippen molar-refractivity contribution in [2.45, 2.75) is 39.2 Å². The Balaban J connectivity index is 1.77. The molecule has 0 aromatic heterocycles. The Morgan fingerprint density at radius 2 is 1.90 bits per heavy atom. The number of rotatable bonds is 6. The summed E-state index contributed by atoms with van der Waals surface area (Å²) in [5.41, 5.74) is 1.13. The molecule has 0 saturated heterocycles. The first kappa shape index (κ1) is 15.5. The Hall–Kier alpha value is -1.91. The number of ether oxygens (including phenoxy) is 2. The molecule has 21 heavy (non-hydrogen) atoms. The van der Waals surface area contributed by atoms with Crippen LogP contribution in [0, 0.1) is 0 Å². The number of carbonyl (C=O) groups excluding carboxylic acids is 1. The van der Waals surface area contributed by atoms with Crippen molar-refractivity contribution in [1.82, 2.24) is 10.6 Å². The van der Waals surface area contributed by atoms with Gasteiger partial charge in [-0.15, -0.1) is 0 Å². The Morgan fingerprint density at radius 1 is 1.19 bits per heavy atom. The van der Waals surface area contributed by atoms with Gasteiger partial charge >= 0.3 is 6.03 Å². The topological polar surface area (TPSA) is 59.6 Å². The van der Waals surface area contributed by atoms with Crippen LogP contribution in [-0.4, -0.2) is 31.8 Å². The first-order valence-electron chi connectivity index (χ1n) is 7.65. The summed E-state index contributed by atoms with van der Waals surface area (Å²) in [6, 6.07) is 6.07. The lowest BCUT2D eigenvalue weighted by Crippen LogP contribution is -2.42. The molecule has 0 spiro atoms. The Morgan fingerprint density at radius 3 is 2.62 bits per heavy atom. The van der Waals surface area contributed by atoms with Crippen molar-refractivity contribution in [3.05, 3.63) is 23.8 Å². The van der Waals surface area contributed by atoms with Crippen LogP contribution in [0.5, 0.6) is 11.5 Å². The van der Waals surface area contributed by atoms with Gasteiger partial charge in [-0.2, -0.15) is 0 Å². The van der Waals surface area contributed by atoms with Crippen molar-refractivity contribution in [3.63, 3.8) is 0 Å². The van der Waals surface area contributed by atoms with Gasteiger partial charge in [-0.05, 0) is 37.0 Å². The summed E-state index contributed by atoms with van der Waals surface area (Å²) in [6.45, 7) is 5.94. The molecule has 0 fully saturated rings. The van der Waals surface area contributed by atoms with Crippen LogP contribution < -0.4 is 20.1 Å². The fourth-order valence-electron chi connectivity index (χ4n) is 2.29. The van der Waals surface area contributed by atoms with E-state index in [0.717, 1.165) is 36.3 Å². The van der Waals surface area contributed by atoms with E-state index in [1.54, 1.807) is 0 Å². The molecule has 1 aromatic rings. The second-order valence-corrected chi connectivity index (χ2v) is 5.14. The summed E-state index contributed by atoms with van der Waals surface area (Å²) < 4.78 is 11.0. The van der Waals surface area contributed by atoms with Crippen LogP contribution in [0.25, 0.3) is 0 Å². The maximum absolute atomic E-state index is 11.7. The van der Waals surface area contributed by atoms with Gasteiger partial charge in [-0.3, -0.25) is 0 Å². The first-order chi connectivity index (χ1) is 10.2. The normalized spacial score (nSPS) is 13.1. The number of hydrogen-bond acceptors (Lipinski definition) is 3. The summed E-state index contributed by atoms with van der Waals surface area (Å²) in [5.74, 6) is 1.59. The number of carbonyl (C=O) groups is 1. The van der Waals surface area contributed by atoms with Gasteiger partial charge in [0.1, 0.15) is 13.2 Å². The van der Waals surface area contributed by atoms with Crippen LogP contribution in [0.3, 0.4) is 0 Å². The minimum atomic E-state index is -0.0961. The minimum Gasteiger partial charge on any atom is -0.486 e. The molecule has 2 N–H and O–H groups in total. The number of amides is 2. The van der Waals surface area contributed by atoms with Crippen LogP contribution in [0.2, 0.25) is 0 Å². The largest absolute Gasteiger partial charge is 0.486 e. The van der Waals surface area contributed by atoms with Crippen molar-refractivity contribution in [2.24, 2.45) is 0 Å². The third kappa shape index (κ3) is 4.55. The third-order valence-corrected chi connectivity index (χ3v) is 3.63. The fourth-order valence-corrected chi connectivity index (χ4v) is 2.29. The summed E-state index contributed by atoms with van der Waals surface area (Å²) in [6.07, 6.45) is 2.67. The zero-order chi connectivity index (χ0) is 15.1. The van der Waals surface area contributed by atoms with Crippen LogP contribution >= 0.6 is 0 Å². The van der Waals surface area contributed by atoms with E-state index in [2.05, 4.69) is 24.5 Å². The van der Waals surface area contributed by atoms with Gasteiger partial charge in [0.15, 0.2) is 11.5 Å². The average molecular weight is 292 g/mol. The molecule has 5 nitrogen and oxygen atoms in total. The highest BCUT2D eigenvalue weighted by Gasteiger charge is 2.12. The molecule has 0 saturated carbocycles. The van der Waals surface area contributed by atoms with E-state index < -0.39 is 0 Å². The standard InChI is InChI=1S/C16H24N2O3/c1-3-13(4-2)18-16(19)17-8-7-12-5-6-14-15(11-12)21-10-9-20-14/h5-6,11,13H,3-4,7-10H2,1-2H3,(H2,17,18,19). The van der Waals surface area contributed by atoms with Crippen LogP contribution in [-0.2, 0) is 6.42 Å². The predicted octanol–water partition coefficient (Wildman–Crippen LogP) is 2.49. The Kier molecular flexibility index (Phi) is 5.72. The molecule has 0 atom stereocenters. The van der Waals surface area contributed by atoms with Gasteiger partial charge in [-0.1, -0.05) is 19.9 Å². The van der Waals surface area contributed by atoms with Crippen molar-refractivity contribution in [3.8, 4) is 11.5 Å². The lowest BCUT2D eigenvalue weighted by atomic mass is 10.1. The molecule has 2 rings (SSSR count). The van der Waals surface area contributed by atoms with Gasteiger partial charge < -0.3 is 20.1 Å². The SMILES string of the molecule is CCC(CC)NC(=O)NCCc1ccc2c(c1)OCCO2. The molecule has 1 aliphatic heterocycles. The van der Waals surface area contributed by atoms with Crippen molar-refractivity contribution in [2.75, 3.05) is 19.8 Å². The van der Waals surface area contributed by atoms with E-state index >= 15 is 0 Å². The Labute approximate surface area is 126 Å². The van der Waals surface area contributed by atoms with Crippen molar-refractivity contribution >= 4 is 6.03 Å². The molecule has 1 aliphatic rings. The molecule has 1 heterocycles. The first-order valence-corrected chi connectivity index (χ1v) is 7.65. The number of benzene rings is 1. The van der Waals surface area contributed by atoms with Crippen LogP contribution in [0.15, 0.2) is 18.2 Å². The Bertz CT molecular complexity index is 473. The molecule has 0 radical (unpaired) electrons. The van der Waals surface area contributed by atoms with Gasteiger partial charge in [0.05, 0.1) is 0 Å². The van der Waals surface area contributed by atoms with Crippen LogP contribution in [0.4, 0.5) is 4.79 Å². The van der Waals surface area contributed by atoms with E-state index in [4.69, 9.17) is 9.47 Å². The van der Waals surface area contributed by atoms with Gasteiger partial charge in [0, 0.05) is 12.6 Å². The monoisotopic (exact) mass is 292 g/mol. The summed E-state index contributed by atoms with van der Waals surface area (Å²) >= 11 is 0. The van der Waals surface area contributed by atoms with Crippen LogP contribution in [0.1, 0.15) is 32.3 Å². The van der Waals surface area contributed by atoms with E-state index in [9.17, 15) is 4.79 Å². The van der Waals surface area contributed by atoms with E-state index in [-0.39, 0.29) is 12.1 Å². The van der Waals surface area contributed by atoms with Gasteiger partial charge in [0.2, 0.25) is 0 Å². The fraction of sp³-hybridized carbons (Fsp3) is 0.562. The molecule has 2 amide bonds. The molecule has 5 heteroatoms. The van der Waals surface area contributed by atoms with E-state index in [1.165, 1.54) is 0 Å². The highest BCUT2D eigenvalue weighted by Crippen LogP contribution is 2.30. The molecular formula is C16H24N2O3.